The van der Waals surface area contributed by atoms with Gasteiger partial charge in [0.25, 0.3) is 17.6 Å². The number of nitrogens with zero attached hydrogens (tertiary/aromatic N) is 1. The number of aliphatic hydroxyl groups excluding tert-OH is 1. The molecule has 160 valence electrons. The Morgan fingerprint density at radius 2 is 1.74 bits per heavy atom. The highest BCUT2D eigenvalue weighted by molar-refractivity contribution is 6.49. The van der Waals surface area contributed by atoms with Gasteiger partial charge in [-0.15, -0.1) is 0 Å². The molecule has 2 aromatic carbocycles. The smallest absolute Gasteiger partial charge is 0.296 e. The molecule has 2 N–H and O–H groups in total. The van der Waals surface area contributed by atoms with Gasteiger partial charge >= 0.3 is 0 Å². The number of para-hydroxylation sites is 1. The number of nitrogens with one attached hydrogen (secondary N) is 1. The molecule has 0 radical (unpaired) electrons. The topological polar surface area (TPSA) is 105 Å². The molecule has 0 unspecified atom stereocenters. The summed E-state index contributed by atoms with van der Waals surface area (Å²) in [6.07, 6.45) is -0.897. The second-order valence-electron chi connectivity index (χ2n) is 7.09. The Balaban J connectivity index is 2.01. The van der Waals surface area contributed by atoms with Crippen molar-refractivity contribution in [3.05, 3.63) is 70.3 Å². The number of methoxy groups -OCH3 is 2. The van der Waals surface area contributed by atoms with Gasteiger partial charge in [0.15, 0.2) is 11.8 Å². The lowest BCUT2D eigenvalue weighted by Crippen LogP contribution is -2.52. The first-order valence-corrected chi connectivity index (χ1v) is 9.76. The number of fused-ring (bicyclic) bond motifs is 2. The fourth-order valence-electron chi connectivity index (χ4n) is 4.09. The van der Waals surface area contributed by atoms with Crippen LogP contribution in [0.25, 0.3) is 5.76 Å². The van der Waals surface area contributed by atoms with Gasteiger partial charge in [-0.05, 0) is 30.3 Å². The number of benzene rings is 2. The third-order valence-electron chi connectivity index (χ3n) is 5.54. The van der Waals surface area contributed by atoms with Crippen molar-refractivity contribution in [2.75, 3.05) is 26.1 Å². The number of aliphatic hydroxyl groups is 1. The molecule has 1 spiro atoms. The Kier molecular flexibility index (Phi) is 5.30. The van der Waals surface area contributed by atoms with Gasteiger partial charge in [0.2, 0.25) is 0 Å². The minimum absolute atomic E-state index is 0.212. The molecule has 4 rings (SSSR count). The van der Waals surface area contributed by atoms with Gasteiger partial charge < -0.3 is 24.8 Å². The number of halogens is 1. The molecule has 2 heterocycles. The van der Waals surface area contributed by atoms with Gasteiger partial charge in [-0.3, -0.25) is 14.4 Å². The van der Waals surface area contributed by atoms with Gasteiger partial charge in [-0.1, -0.05) is 29.8 Å². The minimum Gasteiger partial charge on any atom is -0.507 e. The highest BCUT2D eigenvalue weighted by Crippen LogP contribution is 2.51. The molecule has 2 aliphatic heterocycles. The maximum atomic E-state index is 13.4. The molecule has 1 saturated heterocycles. The fraction of sp³-hybridized carbons (Fsp3) is 0.227. The predicted octanol–water partition coefficient (Wildman–Crippen LogP) is 2.49. The lowest BCUT2D eigenvalue weighted by molar-refractivity contribution is -0.155. The van der Waals surface area contributed by atoms with Crippen molar-refractivity contribution < 1.29 is 29.0 Å². The molecule has 8 nitrogen and oxygen atoms in total. The van der Waals surface area contributed by atoms with Gasteiger partial charge in [-0.2, -0.15) is 0 Å². The van der Waals surface area contributed by atoms with E-state index in [4.69, 9.17) is 21.1 Å². The summed E-state index contributed by atoms with van der Waals surface area (Å²) < 4.78 is 10.4. The monoisotopic (exact) mass is 442 g/mol. The quantitative estimate of drug-likeness (QED) is 0.319. The Morgan fingerprint density at radius 3 is 2.39 bits per heavy atom. The van der Waals surface area contributed by atoms with Crippen LogP contribution in [0.5, 0.6) is 0 Å². The maximum Gasteiger partial charge on any atom is 0.296 e. The summed E-state index contributed by atoms with van der Waals surface area (Å²) in [6.45, 7) is -0.212. The van der Waals surface area contributed by atoms with E-state index >= 15 is 0 Å². The summed E-state index contributed by atoms with van der Waals surface area (Å²) in [4.78, 5) is 40.8. The number of ether oxygens (including phenoxy) is 2. The highest BCUT2D eigenvalue weighted by atomic mass is 35.5. The number of ketones is 1. The van der Waals surface area contributed by atoms with Crippen LogP contribution in [0, 0.1) is 0 Å². The van der Waals surface area contributed by atoms with E-state index in [-0.39, 0.29) is 17.7 Å². The van der Waals surface area contributed by atoms with E-state index in [9.17, 15) is 19.5 Å². The highest BCUT2D eigenvalue weighted by Gasteiger charge is 2.65. The van der Waals surface area contributed by atoms with Gasteiger partial charge in [0.1, 0.15) is 5.76 Å². The number of likely N-dealkylation sites (tertiary alicyclic amines) is 1. The van der Waals surface area contributed by atoms with Crippen molar-refractivity contribution in [3.63, 3.8) is 0 Å². The van der Waals surface area contributed by atoms with Crippen LogP contribution in [0.3, 0.4) is 0 Å². The standard InChI is InChI=1S/C22H19ClN2O6/c1-30-16(31-2)11-25-20(28)19(27)17(18(26)12-7-9-13(23)10-8-12)22(25)14-5-3-4-6-15(14)24-21(22)29/h3-10,16,26H,11H2,1-2H3,(H,24,29)/t22-/m0/s1. The molecule has 0 saturated carbocycles. The zero-order chi connectivity index (χ0) is 22.3. The number of anilines is 1. The number of carbonyl (C=O) groups excluding carboxylic acids is 3. The molecule has 2 amide bonds. The lowest BCUT2D eigenvalue weighted by atomic mass is 9.82. The van der Waals surface area contributed by atoms with Gasteiger partial charge in [0, 0.05) is 36.1 Å². The van der Waals surface area contributed by atoms with Crippen LogP contribution in [0.1, 0.15) is 11.1 Å². The number of amides is 2. The van der Waals surface area contributed by atoms with E-state index in [0.717, 1.165) is 4.90 Å². The molecule has 0 aromatic heterocycles. The van der Waals surface area contributed by atoms with Crippen molar-refractivity contribution in [2.45, 2.75) is 11.8 Å². The average Bonchev–Trinajstić information content (AvgIpc) is 3.18. The van der Waals surface area contributed by atoms with Crippen LogP contribution in [0.4, 0.5) is 5.69 Å². The summed E-state index contributed by atoms with van der Waals surface area (Å²) >= 11 is 5.93. The normalized spacial score (nSPS) is 21.8. The first-order valence-electron chi connectivity index (χ1n) is 9.38. The molecule has 1 atom stereocenters. The van der Waals surface area contributed by atoms with Crippen LogP contribution >= 0.6 is 11.6 Å². The van der Waals surface area contributed by atoms with Crippen LogP contribution in [0.15, 0.2) is 54.1 Å². The van der Waals surface area contributed by atoms with E-state index in [0.29, 0.717) is 16.3 Å². The fourth-order valence-corrected chi connectivity index (χ4v) is 4.21. The second kappa shape index (κ2) is 7.81. The number of hydrogen-bond donors (Lipinski definition) is 2. The van der Waals surface area contributed by atoms with Crippen LogP contribution in [0.2, 0.25) is 5.02 Å². The molecular formula is C22H19ClN2O6. The van der Waals surface area contributed by atoms with E-state index < -0.39 is 35.2 Å². The summed E-state index contributed by atoms with van der Waals surface area (Å²) in [6, 6.07) is 12.8. The summed E-state index contributed by atoms with van der Waals surface area (Å²) in [5.41, 5.74) is -1.14. The van der Waals surface area contributed by atoms with Crippen LogP contribution in [-0.4, -0.2) is 54.7 Å². The first-order chi connectivity index (χ1) is 14.9. The zero-order valence-corrected chi connectivity index (χ0v) is 17.5. The minimum atomic E-state index is -1.87. The Hall–Kier alpha value is -3.20. The largest absolute Gasteiger partial charge is 0.507 e. The molecule has 2 aromatic rings. The molecule has 1 fully saturated rings. The number of Topliss-reactive ketones (excluding diaryl/α,β-unsaturated/α-hetero) is 1. The zero-order valence-electron chi connectivity index (χ0n) is 16.7. The van der Waals surface area contributed by atoms with Crippen molar-refractivity contribution in [2.24, 2.45) is 0 Å². The summed E-state index contributed by atoms with van der Waals surface area (Å²) in [5, 5.41) is 14.3. The molecule has 9 heteroatoms. The molecule has 31 heavy (non-hydrogen) atoms. The van der Waals surface area contributed by atoms with Crippen molar-refractivity contribution in [1.29, 1.82) is 0 Å². The first kappa shape index (κ1) is 21.0. The number of carbonyl (C=O) groups is 3. The SMILES string of the molecule is COC(CN1C(=O)C(=O)C(=C(O)c2ccc(Cl)cc2)[C@@]12C(=O)Nc1ccccc12)OC. The third-order valence-corrected chi connectivity index (χ3v) is 5.79. The predicted molar refractivity (Wildman–Crippen MR) is 112 cm³/mol. The van der Waals surface area contributed by atoms with Crippen molar-refractivity contribution >= 4 is 40.6 Å². The third kappa shape index (κ3) is 3.03. The van der Waals surface area contributed by atoms with Crippen molar-refractivity contribution in [1.82, 2.24) is 4.90 Å². The van der Waals surface area contributed by atoms with E-state index in [1.807, 2.05) is 0 Å². The van der Waals surface area contributed by atoms with Crippen LogP contribution in [-0.2, 0) is 29.4 Å². The maximum absolute atomic E-state index is 13.4. The number of hydrogen-bond acceptors (Lipinski definition) is 6. The Morgan fingerprint density at radius 1 is 1.10 bits per heavy atom. The van der Waals surface area contributed by atoms with Crippen LogP contribution < -0.4 is 5.32 Å². The molecular weight excluding hydrogens is 424 g/mol. The average molecular weight is 443 g/mol. The van der Waals surface area contributed by atoms with Crippen molar-refractivity contribution in [3.8, 4) is 0 Å². The Labute approximate surface area is 183 Å². The second-order valence-corrected chi connectivity index (χ2v) is 7.52. The molecule has 0 aliphatic carbocycles. The summed E-state index contributed by atoms with van der Waals surface area (Å²) in [5.74, 6) is -3.03. The van der Waals surface area contributed by atoms with Gasteiger partial charge in [-0.25, -0.2) is 0 Å². The Bertz CT molecular complexity index is 1110. The van der Waals surface area contributed by atoms with Gasteiger partial charge in [0.05, 0.1) is 12.1 Å². The molecule has 0 bridgehead atoms. The lowest BCUT2D eigenvalue weighted by Gasteiger charge is -2.35. The van der Waals surface area contributed by atoms with E-state index in [1.54, 1.807) is 24.3 Å². The summed E-state index contributed by atoms with van der Waals surface area (Å²) in [7, 11) is 2.77. The van der Waals surface area contributed by atoms with E-state index in [1.165, 1.54) is 38.5 Å². The number of rotatable bonds is 5. The molecule has 2 aliphatic rings. The van der Waals surface area contributed by atoms with E-state index in [2.05, 4.69) is 5.32 Å².